The van der Waals surface area contributed by atoms with E-state index in [1.807, 2.05) is 20.8 Å². The third-order valence-corrected chi connectivity index (χ3v) is 19.2. The molecule has 4 aliphatic heterocycles. The highest BCUT2D eigenvalue weighted by molar-refractivity contribution is 7.56. The fourth-order valence-electron chi connectivity index (χ4n) is 8.35. The van der Waals surface area contributed by atoms with Crippen LogP contribution in [0.25, 0.3) is 0 Å². The van der Waals surface area contributed by atoms with Gasteiger partial charge in [0.05, 0.1) is 95.8 Å². The minimum Gasteiger partial charge on any atom is -0.447 e. The number of nitrogens with one attached hydrogen (secondary N) is 1. The van der Waals surface area contributed by atoms with Crippen molar-refractivity contribution in [1.82, 2.24) is 38.5 Å². The van der Waals surface area contributed by atoms with Crippen LogP contribution in [-0.2, 0) is 65.3 Å². The maximum Gasteiger partial charge on any atom is 0.409 e. The van der Waals surface area contributed by atoms with E-state index in [-0.39, 0.29) is 141 Å². The average Bonchev–Trinajstić information content (AvgIpc) is 3.29. The Kier molecular flexibility index (Phi) is 24.9. The smallest absolute Gasteiger partial charge is 0.409 e. The van der Waals surface area contributed by atoms with Gasteiger partial charge in [-0.3, -0.25) is 18.5 Å². The van der Waals surface area contributed by atoms with Gasteiger partial charge in [-0.05, 0) is 69.4 Å². The molecule has 0 spiro atoms. The Labute approximate surface area is 403 Å². The molecule has 0 saturated carbocycles. The molecule has 0 aromatic rings. The molecule has 2 N–H and O–H groups in total. The molecule has 0 radical (unpaired) electrons. The molecule has 27 heteroatoms. The summed E-state index contributed by atoms with van der Waals surface area (Å²) in [6.45, 7) is 10.7. The largest absolute Gasteiger partial charge is 0.447 e. The van der Waals surface area contributed by atoms with Crippen LogP contribution in [0.5, 0.6) is 0 Å². The quantitative estimate of drug-likeness (QED) is 0.0842. The molecular formula is C41H81N8O16P3. The van der Waals surface area contributed by atoms with Crippen molar-refractivity contribution in [3.63, 3.8) is 0 Å². The van der Waals surface area contributed by atoms with E-state index in [1.165, 1.54) is 11.6 Å². The third-order valence-electron chi connectivity index (χ3n) is 11.6. The number of hydrogen-bond donors (Lipinski definition) is 2. The number of carbonyl (C=O) groups excluding carboxylic acids is 3. The summed E-state index contributed by atoms with van der Waals surface area (Å²) in [6.07, 6.45) is -2.11. The number of ketones is 1. The highest BCUT2D eigenvalue weighted by Crippen LogP contribution is 2.56. The summed E-state index contributed by atoms with van der Waals surface area (Å²) in [5.41, 5.74) is 0. The minimum absolute atomic E-state index is 0.0108. The molecule has 4 aliphatic rings. The van der Waals surface area contributed by atoms with Crippen LogP contribution in [0.3, 0.4) is 0 Å². The monoisotopic (exact) mass is 1030 g/mol. The molecule has 0 aliphatic carbocycles. The number of hydrogen-bond acceptors (Lipinski definition) is 17. The maximum atomic E-state index is 14.9. The van der Waals surface area contributed by atoms with Crippen molar-refractivity contribution < 1.29 is 75.2 Å². The Hall–Kier alpha value is -1.50. The molecule has 0 aromatic heterocycles. The fraction of sp³-hybridized carbons (Fsp3) is 0.927. The molecule has 4 rings (SSSR count). The number of Topliss-reactive ketones (excluding diaryl/α,β-unsaturated/α-hetero) is 1. The highest BCUT2D eigenvalue weighted by atomic mass is 31.2. The molecular weight excluding hydrogens is 953 g/mol. The summed E-state index contributed by atoms with van der Waals surface area (Å²) in [6, 6.07) is 0. The number of morpholine rings is 3. The van der Waals surface area contributed by atoms with Crippen LogP contribution in [-0.4, -0.2) is 259 Å². The highest BCUT2D eigenvalue weighted by Gasteiger charge is 2.45. The lowest BCUT2D eigenvalue weighted by molar-refractivity contribution is -0.146. The van der Waals surface area contributed by atoms with Crippen molar-refractivity contribution in [2.24, 2.45) is 0 Å². The van der Waals surface area contributed by atoms with Gasteiger partial charge in [0.25, 0.3) is 7.52 Å². The number of piperazine rings is 1. The third kappa shape index (κ3) is 17.9. The van der Waals surface area contributed by atoms with Crippen LogP contribution in [0.1, 0.15) is 47.0 Å². The summed E-state index contributed by atoms with van der Waals surface area (Å²) in [4.78, 5) is 40.4. The van der Waals surface area contributed by atoms with E-state index >= 15 is 0 Å². The molecule has 4 heterocycles. The first-order valence-corrected chi connectivity index (χ1v) is 28.5. The zero-order valence-electron chi connectivity index (χ0n) is 41.8. The molecule has 24 nitrogen and oxygen atoms in total. The van der Waals surface area contributed by atoms with Crippen LogP contribution in [0.15, 0.2) is 0 Å². The molecule has 9 unspecified atom stereocenters. The normalized spacial score (nSPS) is 27.5. The summed E-state index contributed by atoms with van der Waals surface area (Å²) in [5, 5.41) is 11.8. The number of rotatable bonds is 28. The first-order valence-electron chi connectivity index (χ1n) is 23.6. The van der Waals surface area contributed by atoms with Gasteiger partial charge in [-0.2, -0.15) is 0 Å². The predicted molar refractivity (Wildman–Crippen MR) is 252 cm³/mol. The molecule has 4 fully saturated rings. The van der Waals surface area contributed by atoms with Crippen LogP contribution in [0.4, 0.5) is 4.79 Å². The first kappa shape index (κ1) is 59.1. The van der Waals surface area contributed by atoms with Crippen LogP contribution < -0.4 is 5.32 Å². The van der Waals surface area contributed by atoms with Gasteiger partial charge in [-0.15, -0.1) is 0 Å². The van der Waals surface area contributed by atoms with E-state index in [2.05, 4.69) is 5.32 Å². The van der Waals surface area contributed by atoms with Crippen molar-refractivity contribution in [3.8, 4) is 0 Å². The van der Waals surface area contributed by atoms with Gasteiger partial charge in [0.1, 0.15) is 12.4 Å². The second-order valence-corrected chi connectivity index (χ2v) is 25.6. The van der Waals surface area contributed by atoms with Crippen molar-refractivity contribution >= 4 is 40.6 Å². The minimum atomic E-state index is -3.72. The number of aliphatic hydroxyl groups is 1. The average molecular weight is 1040 g/mol. The summed E-state index contributed by atoms with van der Waals surface area (Å²) in [5.74, 6) is -0.0154. The van der Waals surface area contributed by atoms with Crippen molar-refractivity contribution in [2.45, 2.75) is 83.6 Å². The van der Waals surface area contributed by atoms with Crippen molar-refractivity contribution in [2.75, 3.05) is 166 Å². The Balaban J connectivity index is 1.31. The predicted octanol–water partition coefficient (Wildman–Crippen LogP) is 2.08. The van der Waals surface area contributed by atoms with E-state index in [4.69, 9.17) is 47.1 Å². The van der Waals surface area contributed by atoms with Crippen molar-refractivity contribution in [3.05, 3.63) is 0 Å². The Bertz CT molecular complexity index is 1720. The van der Waals surface area contributed by atoms with Gasteiger partial charge in [-0.1, -0.05) is 0 Å². The standard InChI is InChI=1S/C41H81N8O16P3/c1-33(51)11-10-12-40(52)46-23-34(2)63-37(26-46)29-60-66(54,32-42-5)48-24-35(3)64-38(27-48)30-62-68(56,44(8)9)49-25-36(4)65-39(28-49)31-61-67(55,43(6)7)47-15-13-45(14-16-47)41(53)59-22-21-58-20-19-57-18-17-50/h34-39,42,50H,10-32H2,1-9H3. The number of aliphatic hydroxyl groups excluding tert-OH is 1. The summed E-state index contributed by atoms with van der Waals surface area (Å²) >= 11 is 0. The Morgan fingerprint density at radius 1 is 0.632 bits per heavy atom. The zero-order chi connectivity index (χ0) is 50.1. The van der Waals surface area contributed by atoms with E-state index in [0.717, 1.165) is 0 Å². The van der Waals surface area contributed by atoms with Gasteiger partial charge >= 0.3 is 21.4 Å². The molecule has 68 heavy (non-hydrogen) atoms. The van der Waals surface area contributed by atoms with Crippen LogP contribution in [0, 0.1) is 0 Å². The van der Waals surface area contributed by atoms with E-state index in [1.54, 1.807) is 63.7 Å². The number of carbonyl (C=O) groups is 3. The second-order valence-electron chi connectivity index (χ2n) is 18.0. The molecule has 9 atom stereocenters. The first-order chi connectivity index (χ1) is 32.2. The number of nitrogens with zero attached hydrogens (tertiary/aromatic N) is 7. The fourth-order valence-corrected chi connectivity index (χ4v) is 14.5. The molecule has 4 saturated heterocycles. The number of amides is 2. The summed E-state index contributed by atoms with van der Waals surface area (Å²) in [7, 11) is -2.44. The lowest BCUT2D eigenvalue weighted by Gasteiger charge is -2.44. The van der Waals surface area contributed by atoms with Gasteiger partial charge in [0.2, 0.25) is 5.91 Å². The van der Waals surface area contributed by atoms with Gasteiger partial charge in [0, 0.05) is 78.3 Å². The summed E-state index contributed by atoms with van der Waals surface area (Å²) < 4.78 is 106. The lowest BCUT2D eigenvalue weighted by Crippen LogP contribution is -2.51. The van der Waals surface area contributed by atoms with E-state index in [0.29, 0.717) is 39.1 Å². The maximum absolute atomic E-state index is 14.9. The Morgan fingerprint density at radius 3 is 1.69 bits per heavy atom. The van der Waals surface area contributed by atoms with Crippen molar-refractivity contribution in [1.29, 1.82) is 0 Å². The Morgan fingerprint density at radius 2 is 1.13 bits per heavy atom. The molecule has 0 bridgehead atoms. The van der Waals surface area contributed by atoms with E-state index < -0.39 is 47.3 Å². The SMILES string of the molecule is CNCP(=O)(OCC1CN(C(=O)CCCC(C)=O)CC(C)O1)N1CC(C)OC(COP(=O)(N(C)C)N2CC(C)OC(COP(=O)(N(C)C)N3CCN(C(=O)OCCOCCOCCO)CC3)C2)C1. The second kappa shape index (κ2) is 28.7. The van der Waals surface area contributed by atoms with Gasteiger partial charge in [-0.25, -0.2) is 28.1 Å². The lowest BCUT2D eigenvalue weighted by atomic mass is 10.1. The van der Waals surface area contributed by atoms with Crippen LogP contribution >= 0.6 is 22.9 Å². The van der Waals surface area contributed by atoms with Gasteiger partial charge < -0.3 is 67.0 Å². The van der Waals surface area contributed by atoms with Crippen LogP contribution in [0.2, 0.25) is 0 Å². The molecule has 0 aromatic carbocycles. The number of ether oxygens (including phenoxy) is 6. The zero-order valence-corrected chi connectivity index (χ0v) is 44.5. The topological polar surface area (TPSA) is 240 Å². The van der Waals surface area contributed by atoms with Gasteiger partial charge in [0.15, 0.2) is 0 Å². The molecule has 396 valence electrons. The molecule has 2 amide bonds. The van der Waals surface area contributed by atoms with E-state index in [9.17, 15) is 28.1 Å².